The molecule has 112 valence electrons. The number of alkyl halides is 3. The van der Waals surface area contributed by atoms with Crippen molar-refractivity contribution in [1.82, 2.24) is 9.78 Å². The first-order chi connectivity index (χ1) is 9.70. The van der Waals surface area contributed by atoms with Crippen LogP contribution in [0.2, 0.25) is 0 Å². The summed E-state index contributed by atoms with van der Waals surface area (Å²) in [5, 5.41) is 14.2. The second-order valence-electron chi connectivity index (χ2n) is 4.34. The van der Waals surface area contributed by atoms with Gasteiger partial charge in [-0.3, -0.25) is 14.8 Å². The van der Waals surface area contributed by atoms with Gasteiger partial charge in [0.25, 0.3) is 0 Å². The van der Waals surface area contributed by atoms with Crippen LogP contribution in [0.15, 0.2) is 30.6 Å². The first kappa shape index (κ1) is 14.9. The molecule has 2 aromatic rings. The fraction of sp³-hybridized carbons (Fsp3) is 0.250. The topological polar surface area (TPSA) is 61.0 Å². The molecule has 0 fully saturated rings. The monoisotopic (exact) mass is 303 g/mol. The van der Waals surface area contributed by atoms with E-state index >= 15 is 0 Å². The van der Waals surface area contributed by atoms with Gasteiger partial charge in [-0.05, 0) is 24.6 Å². The van der Waals surface area contributed by atoms with Crippen molar-refractivity contribution in [2.24, 2.45) is 0 Å². The van der Waals surface area contributed by atoms with E-state index < -0.39 is 28.5 Å². The molecule has 5 nitrogen and oxygen atoms in total. The van der Waals surface area contributed by atoms with E-state index in [1.54, 1.807) is 0 Å². The van der Waals surface area contributed by atoms with E-state index in [9.17, 15) is 27.7 Å². The van der Waals surface area contributed by atoms with E-state index in [4.69, 9.17) is 0 Å². The maximum Gasteiger partial charge on any atom is 0.416 e. The van der Waals surface area contributed by atoms with Gasteiger partial charge >= 0.3 is 11.9 Å². The molecule has 0 aliphatic rings. The number of rotatable bonds is 3. The highest BCUT2D eigenvalue weighted by Gasteiger charge is 2.35. The van der Waals surface area contributed by atoms with E-state index in [0.29, 0.717) is 6.07 Å². The SMILES string of the molecule is CC(c1ccc(F)cc1C(F)(F)F)n1cc([N+](=O)[O-])cn1. The highest BCUT2D eigenvalue weighted by atomic mass is 19.4. The molecule has 0 amide bonds. The van der Waals surface area contributed by atoms with Crippen molar-refractivity contribution in [2.75, 3.05) is 0 Å². The Morgan fingerprint density at radius 3 is 2.57 bits per heavy atom. The van der Waals surface area contributed by atoms with Gasteiger partial charge in [-0.1, -0.05) is 6.07 Å². The van der Waals surface area contributed by atoms with Crippen LogP contribution >= 0.6 is 0 Å². The largest absolute Gasteiger partial charge is 0.416 e. The Bertz CT molecular complexity index is 681. The predicted octanol–water partition coefficient (Wildman–Crippen LogP) is 3.56. The molecule has 0 bridgehead atoms. The smallest absolute Gasteiger partial charge is 0.258 e. The zero-order valence-electron chi connectivity index (χ0n) is 10.6. The Kier molecular flexibility index (Phi) is 3.67. The van der Waals surface area contributed by atoms with Gasteiger partial charge in [0.15, 0.2) is 0 Å². The molecule has 0 spiro atoms. The molecule has 0 saturated heterocycles. The van der Waals surface area contributed by atoms with Gasteiger partial charge < -0.3 is 0 Å². The summed E-state index contributed by atoms with van der Waals surface area (Å²) >= 11 is 0. The minimum absolute atomic E-state index is 0.220. The maximum atomic E-state index is 13.0. The van der Waals surface area contributed by atoms with Crippen molar-refractivity contribution in [2.45, 2.75) is 19.1 Å². The Morgan fingerprint density at radius 1 is 1.38 bits per heavy atom. The van der Waals surface area contributed by atoms with Crippen molar-refractivity contribution in [3.8, 4) is 0 Å². The molecule has 1 aromatic heterocycles. The van der Waals surface area contributed by atoms with Crippen molar-refractivity contribution >= 4 is 5.69 Å². The van der Waals surface area contributed by atoms with Crippen LogP contribution in [0, 0.1) is 15.9 Å². The Hall–Kier alpha value is -2.45. The number of hydrogen-bond donors (Lipinski definition) is 0. The lowest BCUT2D eigenvalue weighted by molar-refractivity contribution is -0.385. The maximum absolute atomic E-state index is 13.0. The molecule has 21 heavy (non-hydrogen) atoms. The van der Waals surface area contributed by atoms with E-state index in [-0.39, 0.29) is 11.3 Å². The second-order valence-corrected chi connectivity index (χ2v) is 4.34. The van der Waals surface area contributed by atoms with Crippen LogP contribution in [0.25, 0.3) is 0 Å². The third-order valence-corrected chi connectivity index (χ3v) is 2.97. The van der Waals surface area contributed by atoms with Crippen LogP contribution in [-0.4, -0.2) is 14.7 Å². The third-order valence-electron chi connectivity index (χ3n) is 2.97. The molecule has 0 aliphatic heterocycles. The average Bonchev–Trinajstić information content (AvgIpc) is 2.86. The zero-order valence-corrected chi connectivity index (χ0v) is 10.6. The predicted molar refractivity (Wildman–Crippen MR) is 64.1 cm³/mol. The van der Waals surface area contributed by atoms with E-state index in [2.05, 4.69) is 5.10 Å². The minimum atomic E-state index is -4.73. The summed E-state index contributed by atoms with van der Waals surface area (Å²) in [4.78, 5) is 9.86. The lowest BCUT2D eigenvalue weighted by Crippen LogP contribution is -2.16. The van der Waals surface area contributed by atoms with Gasteiger partial charge in [0.1, 0.15) is 18.2 Å². The number of nitro groups is 1. The quantitative estimate of drug-likeness (QED) is 0.495. The second kappa shape index (κ2) is 5.15. The number of benzene rings is 1. The molecule has 0 saturated carbocycles. The standard InChI is InChI=1S/C12H9F4N3O2/c1-7(18-6-9(5-17-18)19(20)21)10-3-2-8(13)4-11(10)12(14,15)16/h2-7H,1H3. The molecule has 1 unspecified atom stereocenters. The van der Waals surface area contributed by atoms with E-state index in [0.717, 1.165) is 29.2 Å². The minimum Gasteiger partial charge on any atom is -0.258 e. The fourth-order valence-corrected chi connectivity index (χ4v) is 1.91. The average molecular weight is 303 g/mol. The van der Waals surface area contributed by atoms with Crippen LogP contribution < -0.4 is 0 Å². The molecule has 1 atom stereocenters. The van der Waals surface area contributed by atoms with Crippen LogP contribution in [0.1, 0.15) is 24.1 Å². The summed E-state index contributed by atoms with van der Waals surface area (Å²) in [5.74, 6) is -1.01. The molecule has 1 aromatic carbocycles. The number of halogens is 4. The molecular formula is C12H9F4N3O2. The highest BCUT2D eigenvalue weighted by molar-refractivity contribution is 5.34. The summed E-state index contributed by atoms with van der Waals surface area (Å²) in [6.07, 6.45) is -2.77. The normalized spacial score (nSPS) is 13.2. The van der Waals surface area contributed by atoms with Gasteiger partial charge in [0.2, 0.25) is 0 Å². The van der Waals surface area contributed by atoms with Gasteiger partial charge in [-0.2, -0.15) is 18.3 Å². The summed E-state index contributed by atoms with van der Waals surface area (Å²) in [5.41, 5.74) is -1.69. The van der Waals surface area contributed by atoms with E-state index in [1.165, 1.54) is 6.92 Å². The third kappa shape index (κ3) is 3.01. The summed E-state index contributed by atoms with van der Waals surface area (Å²) in [6.45, 7) is 1.39. The highest BCUT2D eigenvalue weighted by Crippen LogP contribution is 2.36. The summed E-state index contributed by atoms with van der Waals surface area (Å²) < 4.78 is 52.9. The lowest BCUT2D eigenvalue weighted by Gasteiger charge is -2.18. The Labute approximate surface area is 116 Å². The van der Waals surface area contributed by atoms with Gasteiger partial charge in [0, 0.05) is 0 Å². The Balaban J connectivity index is 2.47. The number of aromatic nitrogens is 2. The molecule has 0 N–H and O–H groups in total. The molecule has 1 heterocycles. The fourth-order valence-electron chi connectivity index (χ4n) is 1.91. The molecular weight excluding hydrogens is 294 g/mol. The molecule has 0 radical (unpaired) electrons. The summed E-state index contributed by atoms with van der Waals surface area (Å²) in [6, 6.07) is 1.36. The Morgan fingerprint density at radius 2 is 2.05 bits per heavy atom. The zero-order chi connectivity index (χ0) is 15.8. The first-order valence-electron chi connectivity index (χ1n) is 5.75. The molecule has 2 rings (SSSR count). The van der Waals surface area contributed by atoms with Crippen LogP contribution in [0.5, 0.6) is 0 Å². The van der Waals surface area contributed by atoms with Crippen LogP contribution in [0.3, 0.4) is 0 Å². The van der Waals surface area contributed by atoms with E-state index in [1.807, 2.05) is 0 Å². The van der Waals surface area contributed by atoms with Gasteiger partial charge in [-0.25, -0.2) is 4.39 Å². The molecule has 0 aliphatic carbocycles. The number of nitrogens with zero attached hydrogens (tertiary/aromatic N) is 3. The van der Waals surface area contributed by atoms with Crippen molar-refractivity contribution in [1.29, 1.82) is 0 Å². The van der Waals surface area contributed by atoms with Crippen molar-refractivity contribution < 1.29 is 22.5 Å². The van der Waals surface area contributed by atoms with Crippen LogP contribution in [-0.2, 0) is 6.18 Å². The van der Waals surface area contributed by atoms with Gasteiger partial charge in [-0.15, -0.1) is 0 Å². The first-order valence-corrected chi connectivity index (χ1v) is 5.75. The van der Waals surface area contributed by atoms with Crippen molar-refractivity contribution in [3.05, 3.63) is 57.7 Å². The van der Waals surface area contributed by atoms with Gasteiger partial charge in [0.05, 0.1) is 16.5 Å². The number of hydrogen-bond acceptors (Lipinski definition) is 3. The lowest BCUT2D eigenvalue weighted by atomic mass is 10.0. The van der Waals surface area contributed by atoms with Crippen LogP contribution in [0.4, 0.5) is 23.2 Å². The molecule has 9 heteroatoms. The van der Waals surface area contributed by atoms with Crippen molar-refractivity contribution in [3.63, 3.8) is 0 Å². The summed E-state index contributed by atoms with van der Waals surface area (Å²) in [7, 11) is 0.